The summed E-state index contributed by atoms with van der Waals surface area (Å²) in [4.78, 5) is 178. The van der Waals surface area contributed by atoms with Crippen molar-refractivity contribution in [2.75, 3.05) is 46.3 Å². The molecule has 3 heterocycles. The van der Waals surface area contributed by atoms with Crippen LogP contribution in [-0.2, 0) is 0 Å². The topological polar surface area (TPSA) is 255 Å². The van der Waals surface area contributed by atoms with Gasteiger partial charge < -0.3 is 9.80 Å². The van der Waals surface area contributed by atoms with Crippen LogP contribution in [0.3, 0.4) is 0 Å². The van der Waals surface area contributed by atoms with Crippen LogP contribution < -0.4 is 0 Å². The fraction of sp³-hybridized carbons (Fsp3) is 0.225. The van der Waals surface area contributed by atoms with Gasteiger partial charge in [0.1, 0.15) is 0 Å². The zero-order valence-corrected chi connectivity index (χ0v) is 54.5. The van der Waals surface area contributed by atoms with Gasteiger partial charge in [0, 0.05) is 113 Å². The Labute approximate surface area is 577 Å². The number of imide groups is 3. The standard InChI is InChI=1S/C21H16N2O5.C20H15NO5.2C18H19NO2.3CH4/c1-3-22-18(25)13-7-5-11(9-15(13)20(22)27)17(24)12-6-8-14-16(10-12)21(28)23(4-2)19(14)26;1-10(22)14-6-4-12(8-16(14)11(2)23)18(24)13-5-7-15-17(9-13)20(26)21(3)19(15)25;1-3-19(4-2)18(21)16-12-8-11-15(13-16)17(20)14-9-6-5-7-10-14;1-3-19(4-2)18(21)16-12-10-15(11-13-16)17(20)14-8-6-5-7-9-14;;;/h5-10H,3-4H2,1-2H3;4-9H,1-3H3;2*5-13H,3-4H2,1-2H3;3*1H4. The molecule has 8 aromatic rings. The largest absolute Gasteiger partial charge is 0.339 e. The molecule has 0 aliphatic carbocycles. The fourth-order valence-corrected chi connectivity index (χ4v) is 11.0. The molecule has 8 amide bonds. The van der Waals surface area contributed by atoms with E-state index in [0.717, 1.165) is 14.7 Å². The Morgan fingerprint density at radius 1 is 0.293 bits per heavy atom. The van der Waals surface area contributed by atoms with Gasteiger partial charge >= 0.3 is 0 Å². The summed E-state index contributed by atoms with van der Waals surface area (Å²) in [7, 11) is 1.38. The van der Waals surface area contributed by atoms with Crippen molar-refractivity contribution in [1.29, 1.82) is 0 Å². The van der Waals surface area contributed by atoms with E-state index >= 15 is 0 Å². The fourth-order valence-electron chi connectivity index (χ4n) is 11.0. The number of carbonyl (C=O) groups is 14. The van der Waals surface area contributed by atoms with Gasteiger partial charge in [-0.15, -0.1) is 0 Å². The van der Waals surface area contributed by atoms with Crippen LogP contribution in [0.25, 0.3) is 0 Å². The molecule has 0 aromatic heterocycles. The molecule has 0 fully saturated rings. The van der Waals surface area contributed by atoms with Gasteiger partial charge in [0.25, 0.3) is 47.3 Å². The molecule has 0 spiro atoms. The third kappa shape index (κ3) is 16.5. The Kier molecular flexibility index (Phi) is 26.9. The maximum absolute atomic E-state index is 12.9. The van der Waals surface area contributed by atoms with Gasteiger partial charge in [-0.25, -0.2) is 0 Å². The number of nitrogens with zero attached hydrogens (tertiary/aromatic N) is 5. The Bertz CT molecular complexity index is 4410. The van der Waals surface area contributed by atoms with Gasteiger partial charge in [0.05, 0.1) is 33.4 Å². The molecule has 8 aromatic carbocycles. The molecule has 0 saturated heterocycles. The first-order valence-corrected chi connectivity index (χ1v) is 31.2. The summed E-state index contributed by atoms with van der Waals surface area (Å²) in [6.45, 7) is 17.1. The Hall–Kier alpha value is -11.9. The summed E-state index contributed by atoms with van der Waals surface area (Å²) in [6.07, 6.45) is 0. The van der Waals surface area contributed by atoms with E-state index in [-0.39, 0.29) is 149 Å². The van der Waals surface area contributed by atoms with Crippen molar-refractivity contribution in [3.63, 3.8) is 0 Å². The van der Waals surface area contributed by atoms with E-state index in [2.05, 4.69) is 0 Å². The SMILES string of the molecule is C.C.C.CC(=O)c1ccc(C(=O)c2ccc3c(c2)C(=O)N(C)C3=O)cc1C(C)=O.CCN(CC)C(=O)c1ccc(C(=O)c2ccccc2)cc1.CCN(CC)C(=O)c1cccc(C(=O)c2ccccc2)c1.CCN1C(=O)c2ccc(C(=O)c3ccc4c(c3)C(=O)N(CC)C4=O)cc2C1=O. The average molecular weight is 1340 g/mol. The summed E-state index contributed by atoms with van der Waals surface area (Å²) in [5, 5.41) is 0. The molecule has 0 unspecified atom stereocenters. The van der Waals surface area contributed by atoms with Gasteiger partial charge in [0.2, 0.25) is 0 Å². The summed E-state index contributed by atoms with van der Waals surface area (Å²) in [5.41, 5.74) is 6.32. The third-order valence-corrected chi connectivity index (χ3v) is 16.4. The highest BCUT2D eigenvalue weighted by molar-refractivity contribution is 6.25. The molecule has 0 atom stereocenters. The van der Waals surface area contributed by atoms with E-state index in [1.807, 2.05) is 64.1 Å². The van der Waals surface area contributed by atoms with Gasteiger partial charge in [-0.2, -0.15) is 0 Å². The van der Waals surface area contributed by atoms with E-state index < -0.39 is 35.2 Å². The highest BCUT2D eigenvalue weighted by Crippen LogP contribution is 2.29. The van der Waals surface area contributed by atoms with Crippen LogP contribution in [0, 0.1) is 0 Å². The number of fused-ring (bicyclic) bond motifs is 3. The van der Waals surface area contributed by atoms with E-state index in [4.69, 9.17) is 0 Å². The Morgan fingerprint density at radius 2 is 0.576 bits per heavy atom. The molecule has 3 aliphatic rings. The lowest BCUT2D eigenvalue weighted by Gasteiger charge is -2.18. The molecular formula is C80H81N5O14. The number of amides is 8. The minimum absolute atomic E-state index is 0. The molecule has 0 bridgehead atoms. The van der Waals surface area contributed by atoms with Crippen molar-refractivity contribution in [2.24, 2.45) is 0 Å². The predicted molar refractivity (Wildman–Crippen MR) is 378 cm³/mol. The summed E-state index contributed by atoms with van der Waals surface area (Å²) >= 11 is 0. The molecule has 11 rings (SSSR count). The molecule has 510 valence electrons. The van der Waals surface area contributed by atoms with Crippen molar-refractivity contribution in [3.05, 3.63) is 282 Å². The molecule has 19 heteroatoms. The molecule has 0 radical (unpaired) electrons. The number of hydrogen-bond donors (Lipinski definition) is 0. The Balaban J connectivity index is 0.000000238. The quantitative estimate of drug-likeness (QED) is 0.0572. The summed E-state index contributed by atoms with van der Waals surface area (Å²) in [6, 6.07) is 49.4. The van der Waals surface area contributed by atoms with Gasteiger partial charge in [0.15, 0.2) is 34.7 Å². The number of hydrogen-bond acceptors (Lipinski definition) is 14. The predicted octanol–water partition coefficient (Wildman–Crippen LogP) is 13.4. The van der Waals surface area contributed by atoms with E-state index in [0.29, 0.717) is 59.6 Å². The van der Waals surface area contributed by atoms with Gasteiger partial charge in [-0.3, -0.25) is 81.8 Å². The van der Waals surface area contributed by atoms with Crippen LogP contribution in [-0.4, -0.2) is 153 Å². The molecule has 19 nitrogen and oxygen atoms in total. The zero-order valence-electron chi connectivity index (χ0n) is 54.5. The lowest BCUT2D eigenvalue weighted by atomic mass is 9.94. The molecule has 0 N–H and O–H groups in total. The first-order chi connectivity index (χ1) is 45.9. The monoisotopic (exact) mass is 1340 g/mol. The second-order valence-electron chi connectivity index (χ2n) is 22.2. The molecule has 0 saturated carbocycles. The van der Waals surface area contributed by atoms with E-state index in [1.165, 1.54) is 93.7 Å². The van der Waals surface area contributed by atoms with Crippen LogP contribution in [0.4, 0.5) is 0 Å². The lowest BCUT2D eigenvalue weighted by Crippen LogP contribution is -2.30. The average Bonchev–Trinajstić information content (AvgIpc) is 1.65. The molecular weight excluding hydrogens is 1250 g/mol. The second kappa shape index (κ2) is 34.2. The van der Waals surface area contributed by atoms with E-state index in [9.17, 15) is 67.1 Å². The van der Waals surface area contributed by atoms with E-state index in [1.54, 1.807) is 96.4 Å². The van der Waals surface area contributed by atoms with Crippen LogP contribution in [0.1, 0.15) is 245 Å². The number of Topliss-reactive ketones (excluding diaryl/α,β-unsaturated/α-hetero) is 2. The second-order valence-corrected chi connectivity index (χ2v) is 22.2. The molecule has 3 aliphatic heterocycles. The summed E-state index contributed by atoms with van der Waals surface area (Å²) in [5.74, 6) is -3.98. The minimum Gasteiger partial charge on any atom is -0.339 e. The highest BCUT2D eigenvalue weighted by atomic mass is 16.2. The normalized spacial score (nSPS) is 12.1. The van der Waals surface area contributed by atoms with Crippen molar-refractivity contribution in [2.45, 2.75) is 77.7 Å². The first-order valence-electron chi connectivity index (χ1n) is 31.2. The number of ketones is 6. The van der Waals surface area contributed by atoms with Gasteiger partial charge in [-0.1, -0.05) is 131 Å². The maximum Gasteiger partial charge on any atom is 0.261 e. The van der Waals surface area contributed by atoms with Crippen molar-refractivity contribution >= 4 is 82.0 Å². The smallest absolute Gasteiger partial charge is 0.261 e. The van der Waals surface area contributed by atoms with Crippen molar-refractivity contribution in [3.8, 4) is 0 Å². The van der Waals surface area contributed by atoms with Crippen LogP contribution in [0.2, 0.25) is 0 Å². The summed E-state index contributed by atoms with van der Waals surface area (Å²) < 4.78 is 0. The number of rotatable bonds is 18. The van der Waals surface area contributed by atoms with Gasteiger partial charge in [-0.05, 0) is 128 Å². The first kappa shape index (κ1) is 77.8. The number of carbonyl (C=O) groups excluding carboxylic acids is 14. The maximum atomic E-state index is 12.9. The number of benzene rings is 8. The third-order valence-electron chi connectivity index (χ3n) is 16.4. The van der Waals surface area contributed by atoms with Crippen molar-refractivity contribution < 1.29 is 67.1 Å². The van der Waals surface area contributed by atoms with Crippen molar-refractivity contribution in [1.82, 2.24) is 24.5 Å². The van der Waals surface area contributed by atoms with Crippen LogP contribution in [0.15, 0.2) is 182 Å². The minimum atomic E-state index is -0.462. The highest BCUT2D eigenvalue weighted by Gasteiger charge is 2.38. The van der Waals surface area contributed by atoms with Crippen LogP contribution in [0.5, 0.6) is 0 Å². The van der Waals surface area contributed by atoms with Crippen LogP contribution >= 0.6 is 0 Å². The Morgan fingerprint density at radius 3 is 0.980 bits per heavy atom. The lowest BCUT2D eigenvalue weighted by molar-refractivity contribution is 0.0647. The molecule has 99 heavy (non-hydrogen) atoms. The zero-order chi connectivity index (χ0) is 69.8.